The lowest BCUT2D eigenvalue weighted by Crippen LogP contribution is -2.35. The highest BCUT2D eigenvalue weighted by Crippen LogP contribution is 2.32. The van der Waals surface area contributed by atoms with Crippen molar-refractivity contribution in [2.75, 3.05) is 25.7 Å². The van der Waals surface area contributed by atoms with Crippen LogP contribution in [0, 0.1) is 0 Å². The van der Waals surface area contributed by atoms with Gasteiger partial charge in [0.25, 0.3) is 11.5 Å². The summed E-state index contributed by atoms with van der Waals surface area (Å²) in [7, 11) is 3.21. The molecule has 0 saturated carbocycles. The number of hydrogen-bond acceptors (Lipinski definition) is 6. The number of amides is 1. The molecule has 30 heavy (non-hydrogen) atoms. The summed E-state index contributed by atoms with van der Waals surface area (Å²) in [6.45, 7) is -0.256. The van der Waals surface area contributed by atoms with E-state index in [1.807, 2.05) is 12.1 Å². The number of hydrogen-bond donors (Lipinski definition) is 0. The Labute approximate surface area is 172 Å². The van der Waals surface area contributed by atoms with Gasteiger partial charge in [0.05, 0.1) is 18.5 Å². The summed E-state index contributed by atoms with van der Waals surface area (Å²) in [5.41, 5.74) is 1.86. The van der Waals surface area contributed by atoms with Gasteiger partial charge in [0, 0.05) is 24.2 Å². The largest absolute Gasteiger partial charge is 0.497 e. The van der Waals surface area contributed by atoms with E-state index < -0.39 is 0 Å². The first-order valence-corrected chi connectivity index (χ1v) is 9.25. The van der Waals surface area contributed by atoms with Gasteiger partial charge < -0.3 is 14.4 Å². The number of benzene rings is 2. The lowest BCUT2D eigenvalue weighted by Gasteiger charge is -2.26. The molecule has 0 unspecified atom stereocenters. The molecule has 0 aliphatic carbocycles. The summed E-state index contributed by atoms with van der Waals surface area (Å²) in [6.07, 6.45) is 0. The van der Waals surface area contributed by atoms with Crippen molar-refractivity contribution in [2.45, 2.75) is 6.54 Å². The summed E-state index contributed by atoms with van der Waals surface area (Å²) in [4.78, 5) is 38.4. The third-order valence-corrected chi connectivity index (χ3v) is 4.91. The fourth-order valence-corrected chi connectivity index (χ4v) is 3.15. The number of nitrogens with zero attached hydrogens (tertiary/aromatic N) is 3. The fraction of sp³-hybridized carbons (Fsp3) is 0.182. The molecule has 0 atom stereocenters. The van der Waals surface area contributed by atoms with E-state index in [4.69, 9.17) is 9.47 Å². The van der Waals surface area contributed by atoms with Crippen molar-refractivity contribution in [3.05, 3.63) is 70.5 Å². The van der Waals surface area contributed by atoms with Crippen LogP contribution in [0.1, 0.15) is 10.4 Å². The first kappa shape index (κ1) is 19.4. The number of likely N-dealkylation sites (N-methyl/N-ethyl adjacent to an activating group) is 1. The predicted molar refractivity (Wildman–Crippen MR) is 110 cm³/mol. The first-order chi connectivity index (χ1) is 14.5. The minimum atomic E-state index is -0.380. The number of Topliss-reactive ketones (excluding diaryl/α,β-unsaturated/α-hetero) is 1. The lowest BCUT2D eigenvalue weighted by atomic mass is 10.1. The van der Waals surface area contributed by atoms with Crippen molar-refractivity contribution in [3.63, 3.8) is 0 Å². The molecule has 0 saturated heterocycles. The Bertz CT molecular complexity index is 1180. The molecule has 1 aliphatic rings. The van der Waals surface area contributed by atoms with Gasteiger partial charge in [-0.25, -0.2) is 4.68 Å². The van der Waals surface area contributed by atoms with Crippen LogP contribution in [0.5, 0.6) is 11.5 Å². The van der Waals surface area contributed by atoms with E-state index in [0.29, 0.717) is 28.4 Å². The molecule has 0 bridgehead atoms. The molecule has 0 fully saturated rings. The Morgan fingerprint density at radius 3 is 2.60 bits per heavy atom. The van der Waals surface area contributed by atoms with Gasteiger partial charge in [-0.15, -0.1) is 0 Å². The normalized spacial score (nSPS) is 12.9. The third kappa shape index (κ3) is 3.67. The number of carbonyl (C=O) groups is 2. The highest BCUT2D eigenvalue weighted by molar-refractivity contribution is 6.01. The van der Waals surface area contributed by atoms with Crippen LogP contribution in [-0.4, -0.2) is 42.2 Å². The maximum absolute atomic E-state index is 12.8. The number of anilines is 1. The smallest absolute Gasteiger partial charge is 0.267 e. The minimum absolute atomic E-state index is 0.0335. The van der Waals surface area contributed by atoms with Crippen molar-refractivity contribution < 1.29 is 19.1 Å². The van der Waals surface area contributed by atoms with Crippen molar-refractivity contribution in [1.82, 2.24) is 9.78 Å². The quantitative estimate of drug-likeness (QED) is 0.604. The molecule has 2 aromatic carbocycles. The first-order valence-electron chi connectivity index (χ1n) is 9.25. The van der Waals surface area contributed by atoms with Crippen LogP contribution >= 0.6 is 0 Å². The van der Waals surface area contributed by atoms with E-state index in [1.54, 1.807) is 50.6 Å². The number of rotatable bonds is 5. The zero-order chi connectivity index (χ0) is 21.3. The molecule has 3 aromatic rings. The second-order valence-corrected chi connectivity index (χ2v) is 6.79. The maximum Gasteiger partial charge on any atom is 0.267 e. The van der Waals surface area contributed by atoms with Crippen LogP contribution < -0.4 is 19.9 Å². The third-order valence-electron chi connectivity index (χ3n) is 4.91. The summed E-state index contributed by atoms with van der Waals surface area (Å²) in [5.74, 6) is 0.746. The van der Waals surface area contributed by atoms with Gasteiger partial charge in [0.15, 0.2) is 12.4 Å². The van der Waals surface area contributed by atoms with E-state index in [0.717, 1.165) is 10.2 Å². The molecule has 1 amide bonds. The van der Waals surface area contributed by atoms with E-state index in [2.05, 4.69) is 5.10 Å². The number of aromatic nitrogens is 2. The highest BCUT2D eigenvalue weighted by Gasteiger charge is 2.23. The average molecular weight is 405 g/mol. The fourth-order valence-electron chi connectivity index (χ4n) is 3.15. The predicted octanol–water partition coefficient (Wildman–Crippen LogP) is 2.16. The molecule has 1 aliphatic heterocycles. The second-order valence-electron chi connectivity index (χ2n) is 6.79. The maximum atomic E-state index is 12.8. The Hall–Kier alpha value is -3.94. The molecule has 2 heterocycles. The Morgan fingerprint density at radius 1 is 1.10 bits per heavy atom. The van der Waals surface area contributed by atoms with Gasteiger partial charge in [0.1, 0.15) is 18.0 Å². The number of carbonyl (C=O) groups excluding carboxylic acids is 2. The van der Waals surface area contributed by atoms with Gasteiger partial charge in [-0.1, -0.05) is 0 Å². The van der Waals surface area contributed by atoms with Crippen LogP contribution in [0.4, 0.5) is 5.69 Å². The summed E-state index contributed by atoms with van der Waals surface area (Å²) in [6, 6.07) is 15.1. The van der Waals surface area contributed by atoms with Gasteiger partial charge in [-0.05, 0) is 48.5 Å². The molecule has 8 heteroatoms. The van der Waals surface area contributed by atoms with Gasteiger partial charge in [0.2, 0.25) is 0 Å². The number of ketones is 1. The van der Waals surface area contributed by atoms with Crippen molar-refractivity contribution in [3.8, 4) is 22.8 Å². The molecule has 1 aromatic heterocycles. The van der Waals surface area contributed by atoms with Crippen LogP contribution in [-0.2, 0) is 11.3 Å². The van der Waals surface area contributed by atoms with Gasteiger partial charge in [-0.3, -0.25) is 14.4 Å². The average Bonchev–Trinajstić information content (AvgIpc) is 2.77. The van der Waals surface area contributed by atoms with E-state index in [9.17, 15) is 14.4 Å². The lowest BCUT2D eigenvalue weighted by molar-refractivity contribution is -0.120. The molecular formula is C22H19N3O5. The van der Waals surface area contributed by atoms with Crippen LogP contribution in [0.15, 0.2) is 59.4 Å². The molecule has 0 radical (unpaired) electrons. The van der Waals surface area contributed by atoms with E-state index in [-0.39, 0.29) is 30.4 Å². The Kier molecular flexibility index (Phi) is 5.05. The zero-order valence-electron chi connectivity index (χ0n) is 16.5. The summed E-state index contributed by atoms with van der Waals surface area (Å²) < 4.78 is 11.7. The van der Waals surface area contributed by atoms with Gasteiger partial charge >= 0.3 is 0 Å². The molecule has 152 valence electrons. The van der Waals surface area contributed by atoms with Crippen LogP contribution in [0.2, 0.25) is 0 Å². The summed E-state index contributed by atoms with van der Waals surface area (Å²) >= 11 is 0. The minimum Gasteiger partial charge on any atom is -0.497 e. The van der Waals surface area contributed by atoms with Crippen molar-refractivity contribution in [1.29, 1.82) is 0 Å². The SMILES string of the molecule is COc1ccc(-c2ccc(=O)n(CC(=O)c3ccc4c(c3)N(C)C(=O)CO4)n2)cc1. The number of fused-ring (bicyclic) bond motifs is 1. The standard InChI is InChI=1S/C22H19N3O5/c1-24-18-11-15(5-9-20(18)30-13-22(24)28)19(26)12-25-21(27)10-8-17(23-25)14-3-6-16(29-2)7-4-14/h3-11H,12-13H2,1-2H3. The molecule has 4 rings (SSSR count). The number of ether oxygens (including phenoxy) is 2. The molecular weight excluding hydrogens is 386 g/mol. The molecule has 0 spiro atoms. The summed E-state index contributed by atoms with van der Waals surface area (Å²) in [5, 5.41) is 4.33. The van der Waals surface area contributed by atoms with E-state index in [1.165, 1.54) is 11.0 Å². The molecule has 8 nitrogen and oxygen atoms in total. The molecule has 0 N–H and O–H groups in total. The monoisotopic (exact) mass is 405 g/mol. The second kappa shape index (κ2) is 7.82. The van der Waals surface area contributed by atoms with E-state index >= 15 is 0 Å². The Morgan fingerprint density at radius 2 is 1.87 bits per heavy atom. The number of methoxy groups -OCH3 is 1. The highest BCUT2D eigenvalue weighted by atomic mass is 16.5. The Balaban J connectivity index is 1.60. The van der Waals surface area contributed by atoms with Crippen LogP contribution in [0.3, 0.4) is 0 Å². The van der Waals surface area contributed by atoms with Crippen molar-refractivity contribution >= 4 is 17.4 Å². The van der Waals surface area contributed by atoms with Crippen LogP contribution in [0.25, 0.3) is 11.3 Å². The van der Waals surface area contributed by atoms with Crippen molar-refractivity contribution in [2.24, 2.45) is 0 Å². The topological polar surface area (TPSA) is 90.7 Å². The zero-order valence-corrected chi connectivity index (χ0v) is 16.5. The van der Waals surface area contributed by atoms with Gasteiger partial charge in [-0.2, -0.15) is 5.10 Å².